The predicted molar refractivity (Wildman–Crippen MR) is 76.9 cm³/mol. The fourth-order valence-electron chi connectivity index (χ4n) is 4.13. The third-order valence-corrected chi connectivity index (χ3v) is 6.23. The number of carbonyl (C=O) groups is 1. The summed E-state index contributed by atoms with van der Waals surface area (Å²) in [6.07, 6.45) is 3.69. The summed E-state index contributed by atoms with van der Waals surface area (Å²) in [6, 6.07) is 0. The van der Waals surface area contributed by atoms with E-state index in [1.165, 1.54) is 12.8 Å². The van der Waals surface area contributed by atoms with Gasteiger partial charge >= 0.3 is 5.97 Å². The Morgan fingerprint density at radius 3 is 2.32 bits per heavy atom. The van der Waals surface area contributed by atoms with Crippen LogP contribution in [0.25, 0.3) is 0 Å². The lowest BCUT2D eigenvalue weighted by Crippen LogP contribution is -2.40. The van der Waals surface area contributed by atoms with Crippen molar-refractivity contribution in [1.82, 2.24) is 4.90 Å². The molecule has 2 bridgehead atoms. The van der Waals surface area contributed by atoms with Gasteiger partial charge in [-0.3, -0.25) is 9.69 Å². The van der Waals surface area contributed by atoms with Crippen LogP contribution in [0.3, 0.4) is 0 Å². The fourth-order valence-corrected chi connectivity index (χ4v) is 4.13. The SMILES string of the molecule is CCN(CC)CC(=O)O[C@@H]1C[C@H]2CC[C@@]1(C)C2(C)C. The second-order valence-electron chi connectivity index (χ2n) is 7.05. The number of esters is 1. The van der Waals surface area contributed by atoms with Crippen molar-refractivity contribution in [1.29, 1.82) is 0 Å². The number of hydrogen-bond acceptors (Lipinski definition) is 3. The first kappa shape index (κ1) is 14.8. The largest absolute Gasteiger partial charge is 0.461 e. The first-order valence-electron chi connectivity index (χ1n) is 7.77. The molecule has 110 valence electrons. The topological polar surface area (TPSA) is 29.5 Å². The van der Waals surface area contributed by atoms with Crippen molar-refractivity contribution in [2.75, 3.05) is 19.6 Å². The average molecular weight is 267 g/mol. The minimum atomic E-state index is -0.0433. The molecule has 0 aliphatic heterocycles. The van der Waals surface area contributed by atoms with Crippen molar-refractivity contribution in [3.63, 3.8) is 0 Å². The van der Waals surface area contributed by atoms with Crippen molar-refractivity contribution >= 4 is 5.97 Å². The monoisotopic (exact) mass is 267 g/mol. The van der Waals surface area contributed by atoms with E-state index in [-0.39, 0.29) is 17.5 Å². The van der Waals surface area contributed by atoms with E-state index in [1.807, 2.05) is 0 Å². The maximum atomic E-state index is 12.1. The zero-order chi connectivity index (χ0) is 14.3. The van der Waals surface area contributed by atoms with Crippen LogP contribution < -0.4 is 0 Å². The second-order valence-corrected chi connectivity index (χ2v) is 7.05. The number of carbonyl (C=O) groups excluding carboxylic acids is 1. The van der Waals surface area contributed by atoms with E-state index in [0.29, 0.717) is 12.0 Å². The molecule has 0 aromatic heterocycles. The molecule has 0 saturated heterocycles. The van der Waals surface area contributed by atoms with E-state index < -0.39 is 0 Å². The molecule has 2 saturated carbocycles. The Balaban J connectivity index is 1.96. The minimum absolute atomic E-state index is 0.0433. The quantitative estimate of drug-likeness (QED) is 0.717. The summed E-state index contributed by atoms with van der Waals surface area (Å²) in [6.45, 7) is 13.4. The Labute approximate surface area is 117 Å². The van der Waals surface area contributed by atoms with Crippen molar-refractivity contribution in [2.45, 2.75) is 60.0 Å². The normalized spacial score (nSPS) is 35.9. The van der Waals surface area contributed by atoms with Gasteiger partial charge in [0.15, 0.2) is 0 Å². The number of ether oxygens (including phenoxy) is 1. The summed E-state index contributed by atoms with van der Waals surface area (Å²) >= 11 is 0. The molecule has 0 heterocycles. The van der Waals surface area contributed by atoms with Crippen LogP contribution in [0.4, 0.5) is 0 Å². The molecular formula is C16H29NO2. The maximum absolute atomic E-state index is 12.1. The van der Waals surface area contributed by atoms with Crippen LogP contribution in [0.1, 0.15) is 53.9 Å². The Hall–Kier alpha value is -0.570. The van der Waals surface area contributed by atoms with E-state index in [9.17, 15) is 4.79 Å². The zero-order valence-corrected chi connectivity index (χ0v) is 13.2. The predicted octanol–water partition coefficient (Wildman–Crippen LogP) is 3.09. The molecule has 0 amide bonds. The van der Waals surface area contributed by atoms with Crippen LogP contribution in [0, 0.1) is 16.7 Å². The van der Waals surface area contributed by atoms with Crippen LogP contribution in [-0.4, -0.2) is 36.6 Å². The van der Waals surface area contributed by atoms with Gasteiger partial charge in [-0.25, -0.2) is 0 Å². The number of rotatable bonds is 5. The fraction of sp³-hybridized carbons (Fsp3) is 0.938. The maximum Gasteiger partial charge on any atom is 0.320 e. The van der Waals surface area contributed by atoms with E-state index in [2.05, 4.69) is 39.5 Å². The Bertz CT molecular complexity index is 349. The Kier molecular flexibility index (Phi) is 3.97. The van der Waals surface area contributed by atoms with Gasteiger partial charge in [-0.1, -0.05) is 34.6 Å². The summed E-state index contributed by atoms with van der Waals surface area (Å²) in [5.74, 6) is 0.682. The molecule has 3 nitrogen and oxygen atoms in total. The molecule has 3 atom stereocenters. The molecule has 0 unspecified atom stereocenters. The summed E-state index contributed by atoms with van der Waals surface area (Å²) in [4.78, 5) is 14.2. The standard InChI is InChI=1S/C16H29NO2/c1-6-17(7-2)11-14(18)19-13-10-12-8-9-16(13,5)15(12,3)4/h12-13H,6-11H2,1-5H3/t12-,13-,16-/m1/s1. The van der Waals surface area contributed by atoms with Crippen molar-refractivity contribution < 1.29 is 9.53 Å². The summed E-state index contributed by atoms with van der Waals surface area (Å²) < 4.78 is 5.84. The highest BCUT2D eigenvalue weighted by Crippen LogP contribution is 2.66. The van der Waals surface area contributed by atoms with Crippen molar-refractivity contribution in [3.8, 4) is 0 Å². The first-order chi connectivity index (χ1) is 8.85. The van der Waals surface area contributed by atoms with Crippen LogP contribution in [0.5, 0.6) is 0 Å². The van der Waals surface area contributed by atoms with Gasteiger partial charge in [0, 0.05) is 5.41 Å². The van der Waals surface area contributed by atoms with Crippen LogP contribution in [-0.2, 0) is 9.53 Å². The summed E-state index contributed by atoms with van der Waals surface area (Å²) in [5.41, 5.74) is 0.490. The molecule has 0 spiro atoms. The van der Waals surface area contributed by atoms with Crippen molar-refractivity contribution in [3.05, 3.63) is 0 Å². The van der Waals surface area contributed by atoms with E-state index in [1.54, 1.807) is 0 Å². The van der Waals surface area contributed by atoms with Gasteiger partial charge in [0.2, 0.25) is 0 Å². The van der Waals surface area contributed by atoms with Gasteiger partial charge < -0.3 is 4.74 Å². The van der Waals surface area contributed by atoms with Gasteiger partial charge in [0.1, 0.15) is 6.10 Å². The van der Waals surface area contributed by atoms with E-state index in [0.717, 1.165) is 25.4 Å². The van der Waals surface area contributed by atoms with Gasteiger partial charge in [0.05, 0.1) is 6.54 Å². The van der Waals surface area contributed by atoms with Gasteiger partial charge in [-0.05, 0) is 43.7 Å². The third-order valence-electron chi connectivity index (χ3n) is 6.23. The molecule has 0 aromatic rings. The number of hydrogen-bond donors (Lipinski definition) is 0. The van der Waals surface area contributed by atoms with Gasteiger partial charge in [0.25, 0.3) is 0 Å². The molecule has 0 N–H and O–H groups in total. The molecule has 2 aliphatic rings. The highest BCUT2D eigenvalue weighted by atomic mass is 16.5. The van der Waals surface area contributed by atoms with E-state index >= 15 is 0 Å². The Morgan fingerprint density at radius 1 is 1.26 bits per heavy atom. The van der Waals surface area contributed by atoms with Crippen molar-refractivity contribution in [2.24, 2.45) is 16.7 Å². The molecule has 0 radical (unpaired) electrons. The highest BCUT2D eigenvalue weighted by molar-refractivity contribution is 5.72. The van der Waals surface area contributed by atoms with Gasteiger partial charge in [-0.2, -0.15) is 0 Å². The molecule has 2 fully saturated rings. The number of nitrogens with zero attached hydrogens (tertiary/aromatic N) is 1. The van der Waals surface area contributed by atoms with Crippen LogP contribution in [0.2, 0.25) is 0 Å². The number of likely N-dealkylation sites (N-methyl/N-ethyl adjacent to an activating group) is 1. The lowest BCUT2D eigenvalue weighted by Gasteiger charge is -2.38. The molecule has 3 heteroatoms. The summed E-state index contributed by atoms with van der Waals surface area (Å²) in [7, 11) is 0. The molecule has 2 rings (SSSR count). The molecular weight excluding hydrogens is 238 g/mol. The van der Waals surface area contributed by atoms with Crippen LogP contribution in [0.15, 0.2) is 0 Å². The smallest absolute Gasteiger partial charge is 0.320 e. The molecule has 19 heavy (non-hydrogen) atoms. The first-order valence-corrected chi connectivity index (χ1v) is 7.77. The zero-order valence-electron chi connectivity index (χ0n) is 13.2. The Morgan fingerprint density at radius 2 is 1.89 bits per heavy atom. The lowest BCUT2D eigenvalue weighted by atomic mass is 9.70. The highest BCUT2D eigenvalue weighted by Gasteiger charge is 2.62. The molecule has 2 aliphatic carbocycles. The van der Waals surface area contributed by atoms with E-state index in [4.69, 9.17) is 4.74 Å². The number of fused-ring (bicyclic) bond motifs is 2. The van der Waals surface area contributed by atoms with Crippen LogP contribution >= 0.6 is 0 Å². The van der Waals surface area contributed by atoms with Gasteiger partial charge in [-0.15, -0.1) is 0 Å². The minimum Gasteiger partial charge on any atom is -0.461 e. The lowest BCUT2D eigenvalue weighted by molar-refractivity contribution is -0.158. The average Bonchev–Trinajstić information content (AvgIpc) is 2.69. The summed E-state index contributed by atoms with van der Waals surface area (Å²) in [5, 5.41) is 0. The second kappa shape index (κ2) is 5.08. The third kappa shape index (κ3) is 2.31. The molecule has 0 aromatic carbocycles.